The monoisotopic (exact) mass is 238 g/mol. The van der Waals surface area contributed by atoms with Gasteiger partial charge in [-0.1, -0.05) is 19.6 Å². The lowest BCUT2D eigenvalue weighted by Gasteiger charge is -2.52. The van der Waals surface area contributed by atoms with E-state index < -0.39 is 17.2 Å². The minimum atomic E-state index is -0.683. The molecule has 0 radical (unpaired) electrons. The van der Waals surface area contributed by atoms with Crippen LogP contribution in [0.15, 0.2) is 12.7 Å². The van der Waals surface area contributed by atoms with Gasteiger partial charge in [-0.15, -0.1) is 0 Å². The van der Waals surface area contributed by atoms with Crippen LogP contribution in [0.2, 0.25) is 0 Å². The first kappa shape index (κ1) is 12.1. The van der Waals surface area contributed by atoms with E-state index in [9.17, 15) is 9.59 Å². The van der Waals surface area contributed by atoms with Crippen molar-refractivity contribution in [1.82, 2.24) is 0 Å². The molecule has 0 bridgehead atoms. The van der Waals surface area contributed by atoms with E-state index >= 15 is 0 Å². The van der Waals surface area contributed by atoms with Crippen LogP contribution in [0.1, 0.15) is 39.0 Å². The van der Waals surface area contributed by atoms with Crippen LogP contribution >= 0.6 is 0 Å². The quantitative estimate of drug-likeness (QED) is 0.558. The maximum absolute atomic E-state index is 11.9. The van der Waals surface area contributed by atoms with Crippen LogP contribution in [0, 0.1) is 5.41 Å². The lowest BCUT2D eigenvalue weighted by Crippen LogP contribution is -2.58. The number of carbonyl (C=O) groups excluding carboxylic acids is 2. The van der Waals surface area contributed by atoms with Gasteiger partial charge in [0.05, 0.1) is 5.41 Å². The molecule has 4 nitrogen and oxygen atoms in total. The molecule has 0 saturated heterocycles. The molecule has 2 atom stereocenters. The summed E-state index contributed by atoms with van der Waals surface area (Å²) in [5.74, 6) is 0.239. The molecule has 2 saturated carbocycles. The highest BCUT2D eigenvalue weighted by atomic mass is 16.7. The third kappa shape index (κ3) is 1.58. The van der Waals surface area contributed by atoms with Crippen LogP contribution in [-0.4, -0.2) is 24.1 Å². The predicted octanol–water partition coefficient (Wildman–Crippen LogP) is 2.62. The van der Waals surface area contributed by atoms with Crippen LogP contribution in [-0.2, 0) is 14.3 Å². The average Bonchev–Trinajstić information content (AvgIpc) is 2.47. The van der Waals surface area contributed by atoms with Crippen molar-refractivity contribution in [3.63, 3.8) is 0 Å². The largest absolute Gasteiger partial charge is 0.509 e. The van der Waals surface area contributed by atoms with Crippen molar-refractivity contribution >= 4 is 11.9 Å². The van der Waals surface area contributed by atoms with Gasteiger partial charge in [0.2, 0.25) is 0 Å². The molecule has 2 unspecified atom stereocenters. The molecule has 17 heavy (non-hydrogen) atoms. The zero-order chi connectivity index (χ0) is 12.5. The Morgan fingerprint density at radius 3 is 2.76 bits per heavy atom. The number of Topliss-reactive ketones (excluding diaryl/α,β-unsaturated/α-hetero) is 1. The Morgan fingerprint density at radius 1 is 1.47 bits per heavy atom. The topological polar surface area (TPSA) is 52.6 Å². The second-order valence-corrected chi connectivity index (χ2v) is 4.80. The summed E-state index contributed by atoms with van der Waals surface area (Å²) in [5.41, 5.74) is -1.02. The van der Waals surface area contributed by atoms with Gasteiger partial charge in [-0.3, -0.25) is 4.79 Å². The number of hydrogen-bond acceptors (Lipinski definition) is 4. The van der Waals surface area contributed by atoms with Crippen molar-refractivity contribution in [2.24, 2.45) is 5.41 Å². The predicted molar refractivity (Wildman–Crippen MR) is 61.6 cm³/mol. The highest BCUT2D eigenvalue weighted by molar-refractivity contribution is 5.90. The normalized spacial score (nSPS) is 34.8. The summed E-state index contributed by atoms with van der Waals surface area (Å²) in [4.78, 5) is 23.4. The van der Waals surface area contributed by atoms with E-state index in [0.717, 1.165) is 19.3 Å². The van der Waals surface area contributed by atoms with Crippen LogP contribution in [0.25, 0.3) is 0 Å². The summed E-state index contributed by atoms with van der Waals surface area (Å²) in [6.45, 7) is 5.59. The first-order valence-electron chi connectivity index (χ1n) is 6.10. The Hall–Kier alpha value is -1.32. The van der Waals surface area contributed by atoms with Crippen LogP contribution in [0.3, 0.4) is 0 Å². The molecule has 0 aromatic carbocycles. The highest BCUT2D eigenvalue weighted by Crippen LogP contribution is 2.62. The summed E-state index contributed by atoms with van der Waals surface area (Å²) in [7, 11) is 0. The van der Waals surface area contributed by atoms with Gasteiger partial charge in [0.1, 0.15) is 18.0 Å². The Bertz CT molecular complexity index is 358. The van der Waals surface area contributed by atoms with E-state index in [2.05, 4.69) is 6.58 Å². The number of carbonyl (C=O) groups is 2. The second kappa shape index (κ2) is 4.17. The van der Waals surface area contributed by atoms with E-state index in [1.54, 1.807) is 0 Å². The Morgan fingerprint density at radius 2 is 2.24 bits per heavy atom. The van der Waals surface area contributed by atoms with E-state index in [0.29, 0.717) is 12.8 Å². The number of rotatable bonds is 4. The molecule has 2 aliphatic rings. The molecule has 0 spiro atoms. The minimum Gasteiger partial charge on any atom is -0.430 e. The summed E-state index contributed by atoms with van der Waals surface area (Å²) in [6.07, 6.45) is 4.31. The lowest BCUT2D eigenvalue weighted by molar-refractivity contribution is -0.172. The van der Waals surface area contributed by atoms with Crippen molar-refractivity contribution in [3.8, 4) is 0 Å². The fourth-order valence-electron chi connectivity index (χ4n) is 3.23. The van der Waals surface area contributed by atoms with Gasteiger partial charge in [0.25, 0.3) is 0 Å². The Kier molecular flexibility index (Phi) is 2.98. The third-order valence-electron chi connectivity index (χ3n) is 4.32. The number of fused-ring (bicyclic) bond motifs is 1. The van der Waals surface area contributed by atoms with Gasteiger partial charge in [-0.2, -0.15) is 0 Å². The van der Waals surface area contributed by atoms with Crippen molar-refractivity contribution in [2.75, 3.05) is 6.61 Å². The van der Waals surface area contributed by atoms with Crippen molar-refractivity contribution in [3.05, 3.63) is 12.7 Å². The zero-order valence-electron chi connectivity index (χ0n) is 10.2. The van der Waals surface area contributed by atoms with Gasteiger partial charge in [0, 0.05) is 6.42 Å². The molecule has 0 heterocycles. The summed E-state index contributed by atoms with van der Waals surface area (Å²) in [6, 6.07) is 0. The van der Waals surface area contributed by atoms with E-state index in [-0.39, 0.29) is 12.4 Å². The third-order valence-corrected chi connectivity index (χ3v) is 4.32. The minimum absolute atomic E-state index is 0.141. The molecule has 4 heteroatoms. The molecular weight excluding hydrogens is 220 g/mol. The lowest BCUT2D eigenvalue weighted by atomic mass is 9.56. The van der Waals surface area contributed by atoms with E-state index in [1.807, 2.05) is 6.92 Å². The average molecular weight is 238 g/mol. The first-order valence-corrected chi connectivity index (χ1v) is 6.10. The first-order chi connectivity index (χ1) is 8.10. The SMILES string of the molecule is C=CCOC(=O)OC12CCC(=O)C1(CC)CC2. The molecule has 0 N–H and O–H groups in total. The van der Waals surface area contributed by atoms with Crippen molar-refractivity contribution in [1.29, 1.82) is 0 Å². The summed E-state index contributed by atoms with van der Waals surface area (Å²) < 4.78 is 10.3. The van der Waals surface area contributed by atoms with Crippen LogP contribution in [0.5, 0.6) is 0 Å². The Labute approximate surface area is 101 Å². The molecular formula is C13H18O4. The molecule has 2 aliphatic carbocycles. The van der Waals surface area contributed by atoms with Crippen molar-refractivity contribution < 1.29 is 19.1 Å². The van der Waals surface area contributed by atoms with Crippen LogP contribution < -0.4 is 0 Å². The Balaban J connectivity index is 2.07. The molecule has 2 rings (SSSR count). The van der Waals surface area contributed by atoms with Gasteiger partial charge < -0.3 is 9.47 Å². The van der Waals surface area contributed by atoms with Gasteiger partial charge in [-0.25, -0.2) is 4.79 Å². The number of hydrogen-bond donors (Lipinski definition) is 0. The standard InChI is InChI=1S/C13H18O4/c1-3-9-16-11(15)17-13-6-5-10(14)12(13,4-2)7-8-13/h3H,1,4-9H2,2H3. The van der Waals surface area contributed by atoms with Gasteiger partial charge >= 0.3 is 6.16 Å². The summed E-state index contributed by atoms with van der Waals surface area (Å²) in [5, 5.41) is 0. The zero-order valence-corrected chi connectivity index (χ0v) is 10.2. The van der Waals surface area contributed by atoms with Gasteiger partial charge in [-0.05, 0) is 25.7 Å². The van der Waals surface area contributed by atoms with Crippen LogP contribution in [0.4, 0.5) is 4.79 Å². The van der Waals surface area contributed by atoms with E-state index in [1.165, 1.54) is 6.08 Å². The molecule has 0 amide bonds. The molecule has 2 fully saturated rings. The fraction of sp³-hybridized carbons (Fsp3) is 0.692. The second-order valence-electron chi connectivity index (χ2n) is 4.80. The maximum Gasteiger partial charge on any atom is 0.509 e. The fourth-order valence-corrected chi connectivity index (χ4v) is 3.23. The highest BCUT2D eigenvalue weighted by Gasteiger charge is 2.68. The molecule has 94 valence electrons. The smallest absolute Gasteiger partial charge is 0.430 e. The van der Waals surface area contributed by atoms with Crippen molar-refractivity contribution in [2.45, 2.75) is 44.6 Å². The number of ketones is 1. The molecule has 0 aliphatic heterocycles. The summed E-state index contributed by atoms with van der Waals surface area (Å²) >= 11 is 0. The van der Waals surface area contributed by atoms with Gasteiger partial charge in [0.15, 0.2) is 0 Å². The molecule has 0 aromatic rings. The molecule has 0 aromatic heterocycles. The number of ether oxygens (including phenoxy) is 2. The van der Waals surface area contributed by atoms with E-state index in [4.69, 9.17) is 9.47 Å². The maximum atomic E-state index is 11.9.